The molecule has 106 valence electrons. The van der Waals surface area contributed by atoms with Crippen LogP contribution in [0.3, 0.4) is 0 Å². The summed E-state index contributed by atoms with van der Waals surface area (Å²) in [5.74, 6) is 0. The van der Waals surface area contributed by atoms with E-state index in [1.807, 2.05) is 0 Å². The average molecular weight is 310 g/mol. The first kappa shape index (κ1) is 14.1. The zero-order chi connectivity index (χ0) is 14.1. The van der Waals surface area contributed by atoms with Gasteiger partial charge in [-0.05, 0) is 24.8 Å². The summed E-state index contributed by atoms with van der Waals surface area (Å²) in [7, 11) is 0. The molecule has 0 spiro atoms. The molecular weight excluding hydrogens is 293 g/mol. The van der Waals surface area contributed by atoms with Crippen molar-refractivity contribution in [2.24, 2.45) is 0 Å². The molecule has 1 fully saturated rings. The molecule has 1 aliphatic carbocycles. The van der Waals surface area contributed by atoms with E-state index in [1.165, 1.54) is 32.1 Å². The van der Waals surface area contributed by atoms with Gasteiger partial charge in [-0.3, -0.25) is 4.90 Å². The molecule has 5 heteroatoms. The van der Waals surface area contributed by atoms with Crippen molar-refractivity contribution in [1.29, 1.82) is 5.26 Å². The van der Waals surface area contributed by atoms with Crippen molar-refractivity contribution >= 4 is 23.2 Å². The minimum atomic E-state index is 0.238. The van der Waals surface area contributed by atoms with Gasteiger partial charge in [-0.2, -0.15) is 5.26 Å². The SMILES string of the molecule is N#Cc1c(Cl)nc(Cl)c2c1CCN(C1CCCCC1)C2. The van der Waals surface area contributed by atoms with Gasteiger partial charge in [0.25, 0.3) is 0 Å². The van der Waals surface area contributed by atoms with E-state index < -0.39 is 0 Å². The summed E-state index contributed by atoms with van der Waals surface area (Å²) >= 11 is 12.3. The first-order chi connectivity index (χ1) is 9.70. The quantitative estimate of drug-likeness (QED) is 0.737. The molecule has 0 unspecified atom stereocenters. The van der Waals surface area contributed by atoms with E-state index in [1.54, 1.807) is 0 Å². The van der Waals surface area contributed by atoms with Gasteiger partial charge in [0, 0.05) is 24.7 Å². The largest absolute Gasteiger partial charge is 0.296 e. The highest BCUT2D eigenvalue weighted by Crippen LogP contribution is 2.34. The molecule has 0 N–H and O–H groups in total. The summed E-state index contributed by atoms with van der Waals surface area (Å²) < 4.78 is 0. The van der Waals surface area contributed by atoms with Crippen molar-refractivity contribution in [3.8, 4) is 6.07 Å². The summed E-state index contributed by atoms with van der Waals surface area (Å²) in [4.78, 5) is 6.62. The number of aromatic nitrogens is 1. The fraction of sp³-hybridized carbons (Fsp3) is 0.600. The highest BCUT2D eigenvalue weighted by molar-refractivity contribution is 6.33. The van der Waals surface area contributed by atoms with Crippen LogP contribution in [0.4, 0.5) is 0 Å². The van der Waals surface area contributed by atoms with Gasteiger partial charge >= 0.3 is 0 Å². The second kappa shape index (κ2) is 5.89. The number of hydrogen-bond donors (Lipinski definition) is 0. The van der Waals surface area contributed by atoms with Crippen LogP contribution in [0.5, 0.6) is 0 Å². The summed E-state index contributed by atoms with van der Waals surface area (Å²) in [6.45, 7) is 1.79. The fourth-order valence-electron chi connectivity index (χ4n) is 3.46. The van der Waals surface area contributed by atoms with Crippen LogP contribution in [0.15, 0.2) is 0 Å². The first-order valence-corrected chi connectivity index (χ1v) is 7.97. The van der Waals surface area contributed by atoms with Gasteiger partial charge in [0.15, 0.2) is 0 Å². The van der Waals surface area contributed by atoms with Crippen LogP contribution in [0.25, 0.3) is 0 Å². The number of hydrogen-bond acceptors (Lipinski definition) is 3. The van der Waals surface area contributed by atoms with Gasteiger partial charge in [0.1, 0.15) is 16.4 Å². The third kappa shape index (κ3) is 2.53. The van der Waals surface area contributed by atoms with E-state index in [0.717, 1.165) is 30.6 Å². The zero-order valence-corrected chi connectivity index (χ0v) is 12.8. The summed E-state index contributed by atoms with van der Waals surface area (Å²) in [6.07, 6.45) is 7.40. The highest BCUT2D eigenvalue weighted by Gasteiger charge is 2.29. The molecule has 0 radical (unpaired) electrons. The van der Waals surface area contributed by atoms with E-state index in [0.29, 0.717) is 16.8 Å². The van der Waals surface area contributed by atoms with Crippen LogP contribution < -0.4 is 0 Å². The van der Waals surface area contributed by atoms with Crippen molar-refractivity contribution in [3.05, 3.63) is 27.0 Å². The Morgan fingerprint density at radius 2 is 1.85 bits per heavy atom. The number of rotatable bonds is 1. The van der Waals surface area contributed by atoms with E-state index >= 15 is 0 Å². The lowest BCUT2D eigenvalue weighted by atomic mass is 9.90. The second-order valence-electron chi connectivity index (χ2n) is 5.65. The Morgan fingerprint density at radius 3 is 2.55 bits per heavy atom. The van der Waals surface area contributed by atoms with Gasteiger partial charge in [-0.1, -0.05) is 42.5 Å². The Balaban J connectivity index is 1.89. The first-order valence-electron chi connectivity index (χ1n) is 7.21. The lowest BCUT2D eigenvalue weighted by Gasteiger charge is -2.38. The van der Waals surface area contributed by atoms with E-state index in [9.17, 15) is 5.26 Å². The molecule has 0 aromatic carbocycles. The van der Waals surface area contributed by atoms with E-state index in [4.69, 9.17) is 23.2 Å². The van der Waals surface area contributed by atoms with Crippen molar-refractivity contribution in [1.82, 2.24) is 9.88 Å². The Labute approximate surface area is 129 Å². The molecule has 2 heterocycles. The molecule has 0 saturated heterocycles. The van der Waals surface area contributed by atoms with E-state index in [2.05, 4.69) is 16.0 Å². The van der Waals surface area contributed by atoms with Crippen molar-refractivity contribution < 1.29 is 0 Å². The second-order valence-corrected chi connectivity index (χ2v) is 6.37. The minimum Gasteiger partial charge on any atom is -0.296 e. The fourth-order valence-corrected chi connectivity index (χ4v) is 4.00. The lowest BCUT2D eigenvalue weighted by molar-refractivity contribution is 0.141. The smallest absolute Gasteiger partial charge is 0.148 e. The zero-order valence-electron chi connectivity index (χ0n) is 11.3. The molecule has 0 bridgehead atoms. The van der Waals surface area contributed by atoms with Crippen LogP contribution >= 0.6 is 23.2 Å². The summed E-state index contributed by atoms with van der Waals surface area (Å²) in [5.41, 5.74) is 2.52. The van der Waals surface area contributed by atoms with E-state index in [-0.39, 0.29) is 5.15 Å². The highest BCUT2D eigenvalue weighted by atomic mass is 35.5. The third-order valence-corrected chi connectivity index (χ3v) is 5.12. The molecule has 1 aromatic rings. The molecule has 0 atom stereocenters. The predicted molar refractivity (Wildman–Crippen MR) is 80.0 cm³/mol. The summed E-state index contributed by atoms with van der Waals surface area (Å²) in [5, 5.41) is 9.95. The van der Waals surface area contributed by atoms with Crippen LogP contribution in [-0.4, -0.2) is 22.5 Å². The molecule has 1 aliphatic heterocycles. The predicted octanol–water partition coefficient (Wildman–Crippen LogP) is 3.95. The molecule has 1 saturated carbocycles. The summed E-state index contributed by atoms with van der Waals surface area (Å²) in [6, 6.07) is 2.83. The van der Waals surface area contributed by atoms with Crippen LogP contribution in [0.1, 0.15) is 48.8 Å². The Bertz CT molecular complexity index is 559. The monoisotopic (exact) mass is 309 g/mol. The Hall–Kier alpha value is -0.820. The molecule has 20 heavy (non-hydrogen) atoms. The van der Waals surface area contributed by atoms with Crippen molar-refractivity contribution in [3.63, 3.8) is 0 Å². The standard InChI is InChI=1S/C15H17Cl2N3/c16-14-12(8-18)11-6-7-20(9-13(11)15(17)19-14)10-4-2-1-3-5-10/h10H,1-7,9H2. The average Bonchev–Trinajstić information content (AvgIpc) is 2.48. The maximum atomic E-state index is 9.25. The molecule has 2 aliphatic rings. The molecule has 3 rings (SSSR count). The van der Waals surface area contributed by atoms with Gasteiger partial charge < -0.3 is 0 Å². The third-order valence-electron chi connectivity index (χ3n) is 4.53. The molecule has 0 amide bonds. The molecular formula is C15H17Cl2N3. The van der Waals surface area contributed by atoms with Gasteiger partial charge in [-0.25, -0.2) is 4.98 Å². The number of fused-ring (bicyclic) bond motifs is 1. The number of nitrogens with zero attached hydrogens (tertiary/aromatic N) is 3. The maximum Gasteiger partial charge on any atom is 0.148 e. The van der Waals surface area contributed by atoms with Gasteiger partial charge in [0.2, 0.25) is 0 Å². The Morgan fingerprint density at radius 1 is 1.10 bits per heavy atom. The van der Waals surface area contributed by atoms with Crippen molar-refractivity contribution in [2.75, 3.05) is 6.54 Å². The number of pyridine rings is 1. The number of halogens is 2. The van der Waals surface area contributed by atoms with Crippen LogP contribution in [-0.2, 0) is 13.0 Å². The van der Waals surface area contributed by atoms with Gasteiger partial charge in [0.05, 0.1) is 5.56 Å². The van der Waals surface area contributed by atoms with Crippen LogP contribution in [0, 0.1) is 11.3 Å². The van der Waals surface area contributed by atoms with Crippen molar-refractivity contribution in [2.45, 2.75) is 51.1 Å². The normalized spacial score (nSPS) is 20.4. The lowest BCUT2D eigenvalue weighted by Crippen LogP contribution is -2.40. The number of nitriles is 1. The van der Waals surface area contributed by atoms with Crippen LogP contribution in [0.2, 0.25) is 10.3 Å². The molecule has 1 aromatic heterocycles. The maximum absolute atomic E-state index is 9.25. The molecule has 3 nitrogen and oxygen atoms in total. The van der Waals surface area contributed by atoms with Gasteiger partial charge in [-0.15, -0.1) is 0 Å². The topological polar surface area (TPSA) is 39.9 Å². The minimum absolute atomic E-state index is 0.238. The Kier molecular flexibility index (Phi) is 4.16.